The number of carbonyl (C=O) groups is 2. The molecule has 29 heavy (non-hydrogen) atoms. The van der Waals surface area contributed by atoms with Crippen LogP contribution >= 0.6 is 0 Å². The first-order valence-electron chi connectivity index (χ1n) is 9.14. The molecule has 0 aliphatic carbocycles. The minimum Gasteiger partial charge on any atom is -0.451 e. The Morgan fingerprint density at radius 2 is 1.55 bits per heavy atom. The Morgan fingerprint density at radius 3 is 2.07 bits per heavy atom. The summed E-state index contributed by atoms with van der Waals surface area (Å²) in [4.78, 5) is 24.4. The van der Waals surface area contributed by atoms with Crippen molar-refractivity contribution in [2.75, 3.05) is 0 Å². The van der Waals surface area contributed by atoms with Crippen LogP contribution in [0.5, 0.6) is 5.75 Å². The molecule has 2 aromatic rings. The van der Waals surface area contributed by atoms with Crippen molar-refractivity contribution in [1.29, 1.82) is 0 Å². The maximum atomic E-state index is 12.5. The number of alkyl halides is 2. The van der Waals surface area contributed by atoms with Crippen LogP contribution in [0.2, 0.25) is 0 Å². The smallest absolute Gasteiger partial charge is 0.387 e. The first-order chi connectivity index (χ1) is 13.6. The summed E-state index contributed by atoms with van der Waals surface area (Å²) in [5.74, 6) is -0.942. The molecule has 0 heterocycles. The van der Waals surface area contributed by atoms with E-state index in [1.165, 1.54) is 43.3 Å². The number of carbonyl (C=O) groups excluding carboxylic acids is 2. The van der Waals surface area contributed by atoms with Crippen LogP contribution < -0.4 is 4.74 Å². The second-order valence-corrected chi connectivity index (χ2v) is 7.55. The number of Topliss-reactive ketones (excluding diaryl/α,β-unsaturated/α-hetero) is 1. The maximum Gasteiger partial charge on any atom is 0.387 e. The highest BCUT2D eigenvalue weighted by atomic mass is 19.3. The van der Waals surface area contributed by atoms with Crippen molar-refractivity contribution in [2.24, 2.45) is 0 Å². The summed E-state index contributed by atoms with van der Waals surface area (Å²) in [5, 5.41) is 0. The van der Waals surface area contributed by atoms with Crippen molar-refractivity contribution < 1.29 is 27.8 Å². The van der Waals surface area contributed by atoms with Gasteiger partial charge in [-0.2, -0.15) is 8.78 Å². The molecule has 0 saturated heterocycles. The van der Waals surface area contributed by atoms with Gasteiger partial charge in [0.25, 0.3) is 0 Å². The maximum absolute atomic E-state index is 12.5. The molecule has 0 aliphatic heterocycles. The number of ether oxygens (including phenoxy) is 2. The third-order valence-corrected chi connectivity index (χ3v) is 4.21. The Morgan fingerprint density at radius 1 is 0.966 bits per heavy atom. The Hall–Kier alpha value is -3.02. The van der Waals surface area contributed by atoms with Gasteiger partial charge in [0, 0.05) is 11.6 Å². The molecule has 0 spiro atoms. The number of hydrogen-bond acceptors (Lipinski definition) is 4. The molecule has 0 saturated carbocycles. The largest absolute Gasteiger partial charge is 0.451 e. The van der Waals surface area contributed by atoms with Crippen LogP contribution in [0.3, 0.4) is 0 Å². The standard InChI is InChI=1S/C23H24F2O4/c1-15(21(27)17-8-10-18(11-9-17)23(2,3)4)28-20(26)14-7-16-5-12-19(13-6-16)29-22(24)25/h5-15,22H,1-4H3/b14-7+/t15-/m1/s1. The molecule has 6 heteroatoms. The molecule has 0 fully saturated rings. The van der Waals surface area contributed by atoms with Gasteiger partial charge >= 0.3 is 12.6 Å². The predicted octanol–water partition coefficient (Wildman–Crippen LogP) is 5.41. The van der Waals surface area contributed by atoms with E-state index in [0.717, 1.165) is 5.56 Å². The monoisotopic (exact) mass is 402 g/mol. The Bertz CT molecular complexity index is 863. The summed E-state index contributed by atoms with van der Waals surface area (Å²) < 4.78 is 33.7. The van der Waals surface area contributed by atoms with Crippen molar-refractivity contribution in [1.82, 2.24) is 0 Å². The van der Waals surface area contributed by atoms with Gasteiger partial charge in [-0.1, -0.05) is 57.2 Å². The SMILES string of the molecule is C[C@@H](OC(=O)/C=C/c1ccc(OC(F)F)cc1)C(=O)c1ccc(C(C)(C)C)cc1. The molecule has 0 aromatic heterocycles. The normalized spacial score (nSPS) is 12.8. The average Bonchev–Trinajstić information content (AvgIpc) is 2.66. The van der Waals surface area contributed by atoms with E-state index in [9.17, 15) is 18.4 Å². The fourth-order valence-electron chi connectivity index (χ4n) is 2.56. The lowest BCUT2D eigenvalue weighted by Crippen LogP contribution is -2.23. The highest BCUT2D eigenvalue weighted by Crippen LogP contribution is 2.22. The van der Waals surface area contributed by atoms with Crippen LogP contribution in [0, 0.1) is 0 Å². The molecule has 0 aliphatic rings. The second kappa shape index (κ2) is 9.45. The van der Waals surface area contributed by atoms with Crippen LogP contribution in [-0.4, -0.2) is 24.5 Å². The van der Waals surface area contributed by atoms with E-state index in [4.69, 9.17) is 4.74 Å². The van der Waals surface area contributed by atoms with Crippen molar-refractivity contribution in [3.05, 3.63) is 71.3 Å². The van der Waals surface area contributed by atoms with E-state index in [0.29, 0.717) is 11.1 Å². The molecule has 2 aromatic carbocycles. The lowest BCUT2D eigenvalue weighted by atomic mass is 9.86. The van der Waals surface area contributed by atoms with E-state index < -0.39 is 18.7 Å². The molecular weight excluding hydrogens is 378 g/mol. The lowest BCUT2D eigenvalue weighted by molar-refractivity contribution is -0.140. The fourth-order valence-corrected chi connectivity index (χ4v) is 2.56. The molecule has 0 radical (unpaired) electrons. The van der Waals surface area contributed by atoms with Gasteiger partial charge in [-0.25, -0.2) is 4.79 Å². The second-order valence-electron chi connectivity index (χ2n) is 7.55. The van der Waals surface area contributed by atoms with E-state index in [1.54, 1.807) is 12.1 Å². The average molecular weight is 402 g/mol. The zero-order valence-corrected chi connectivity index (χ0v) is 16.8. The Kier molecular flexibility index (Phi) is 7.26. The number of rotatable bonds is 7. The van der Waals surface area contributed by atoms with Gasteiger partial charge in [0.15, 0.2) is 6.10 Å². The van der Waals surface area contributed by atoms with Gasteiger partial charge in [-0.05, 0) is 41.7 Å². The number of hydrogen-bond donors (Lipinski definition) is 0. The van der Waals surface area contributed by atoms with Crippen molar-refractivity contribution >= 4 is 17.8 Å². The van der Waals surface area contributed by atoms with Crippen LogP contribution in [0.4, 0.5) is 8.78 Å². The van der Waals surface area contributed by atoms with Gasteiger partial charge in [0.1, 0.15) is 5.75 Å². The first kappa shape index (κ1) is 22.3. The summed E-state index contributed by atoms with van der Waals surface area (Å²) >= 11 is 0. The van der Waals surface area contributed by atoms with E-state index in [2.05, 4.69) is 25.5 Å². The highest BCUT2D eigenvalue weighted by Gasteiger charge is 2.20. The Balaban J connectivity index is 1.94. The third-order valence-electron chi connectivity index (χ3n) is 4.21. The highest BCUT2D eigenvalue weighted by molar-refractivity contribution is 6.01. The molecule has 2 rings (SSSR count). The molecule has 0 unspecified atom stereocenters. The third kappa shape index (κ3) is 6.82. The first-order valence-corrected chi connectivity index (χ1v) is 9.14. The summed E-state index contributed by atoms with van der Waals surface area (Å²) in [5.41, 5.74) is 2.15. The van der Waals surface area contributed by atoms with Crippen LogP contribution in [0.1, 0.15) is 49.2 Å². The molecule has 0 amide bonds. The minimum atomic E-state index is -2.89. The molecular formula is C23H24F2O4. The number of esters is 1. The topological polar surface area (TPSA) is 52.6 Å². The van der Waals surface area contributed by atoms with Crippen molar-refractivity contribution in [3.63, 3.8) is 0 Å². The van der Waals surface area contributed by atoms with E-state index in [1.807, 2.05) is 12.1 Å². The minimum absolute atomic E-state index is 0.0196. The number of benzene rings is 2. The van der Waals surface area contributed by atoms with Gasteiger partial charge < -0.3 is 9.47 Å². The molecule has 0 N–H and O–H groups in total. The van der Waals surface area contributed by atoms with Crippen molar-refractivity contribution in [2.45, 2.75) is 45.8 Å². The molecule has 1 atom stereocenters. The molecule has 4 nitrogen and oxygen atoms in total. The van der Waals surface area contributed by atoms with Gasteiger partial charge in [0.2, 0.25) is 5.78 Å². The molecule has 0 bridgehead atoms. The summed E-state index contributed by atoms with van der Waals surface area (Å²) in [6.07, 6.45) is 1.70. The summed E-state index contributed by atoms with van der Waals surface area (Å²) in [6.45, 7) is 4.87. The lowest BCUT2D eigenvalue weighted by Gasteiger charge is -2.19. The molecule has 154 valence electrons. The zero-order valence-electron chi connectivity index (χ0n) is 16.8. The van der Waals surface area contributed by atoms with E-state index >= 15 is 0 Å². The Labute approximate surface area is 169 Å². The van der Waals surface area contributed by atoms with Crippen LogP contribution in [-0.2, 0) is 14.9 Å². The van der Waals surface area contributed by atoms with Crippen molar-refractivity contribution in [3.8, 4) is 5.75 Å². The van der Waals surface area contributed by atoms with Gasteiger partial charge in [0.05, 0.1) is 0 Å². The van der Waals surface area contributed by atoms with Crippen LogP contribution in [0.25, 0.3) is 6.08 Å². The quantitative estimate of drug-likeness (QED) is 0.353. The van der Waals surface area contributed by atoms with Gasteiger partial charge in [-0.3, -0.25) is 4.79 Å². The summed E-state index contributed by atoms with van der Waals surface area (Å²) in [6, 6.07) is 13.0. The number of ketones is 1. The van der Waals surface area contributed by atoms with Gasteiger partial charge in [-0.15, -0.1) is 0 Å². The number of halogens is 2. The summed E-state index contributed by atoms with van der Waals surface area (Å²) in [7, 11) is 0. The zero-order chi connectivity index (χ0) is 21.6. The predicted molar refractivity (Wildman–Crippen MR) is 107 cm³/mol. The van der Waals surface area contributed by atoms with Crippen LogP contribution in [0.15, 0.2) is 54.6 Å². The fraction of sp³-hybridized carbons (Fsp3) is 0.304. The van der Waals surface area contributed by atoms with E-state index in [-0.39, 0.29) is 16.9 Å².